The minimum Gasteiger partial charge on any atom is -0.317 e. The van der Waals surface area contributed by atoms with E-state index in [0.29, 0.717) is 17.9 Å². The second kappa shape index (κ2) is 4.51. The Bertz CT molecular complexity index is 424. The Kier molecular flexibility index (Phi) is 2.98. The number of hydrogen-bond acceptors (Lipinski definition) is 1. The fourth-order valence-electron chi connectivity index (χ4n) is 3.94. The van der Waals surface area contributed by atoms with Crippen molar-refractivity contribution in [2.45, 2.75) is 50.7 Å². The van der Waals surface area contributed by atoms with Gasteiger partial charge in [0.1, 0.15) is 12.3 Å². The molecule has 1 aromatic carbocycles. The predicted octanol–water partition coefficient (Wildman–Crippen LogP) is 2.92. The Hall–Kier alpha value is -1.15. The second-order valence-electron chi connectivity index (χ2n) is 6.18. The molecule has 0 aliphatic carbocycles. The van der Waals surface area contributed by atoms with E-state index >= 15 is 0 Å². The molecule has 0 saturated carbocycles. The highest BCUT2D eigenvalue weighted by atomic mass is 16.1. The predicted molar refractivity (Wildman–Crippen MR) is 72.0 cm³/mol. The van der Waals surface area contributed by atoms with Gasteiger partial charge in [0.05, 0.1) is 32.0 Å². The van der Waals surface area contributed by atoms with Crippen LogP contribution in [0.4, 0.5) is 0 Å². The van der Waals surface area contributed by atoms with Crippen LogP contribution in [0.5, 0.6) is 0 Å². The Labute approximate surface area is 109 Å². The summed E-state index contributed by atoms with van der Waals surface area (Å²) >= 11 is 0. The lowest BCUT2D eigenvalue weighted by Crippen LogP contribution is -2.64. The summed E-state index contributed by atoms with van der Waals surface area (Å²) < 4.78 is 1.09. The molecule has 0 radical (unpaired) electrons. The van der Waals surface area contributed by atoms with E-state index in [9.17, 15) is 4.79 Å². The van der Waals surface area contributed by atoms with E-state index in [2.05, 4.69) is 37.4 Å². The third-order valence-electron chi connectivity index (χ3n) is 5.04. The van der Waals surface area contributed by atoms with Crippen molar-refractivity contribution in [1.82, 2.24) is 0 Å². The number of fused-ring (bicyclic) bond motifs is 2. The number of quaternary nitrogens is 1. The van der Waals surface area contributed by atoms with E-state index in [1.165, 1.54) is 24.8 Å². The smallest absolute Gasteiger partial charge is 0.144 e. The van der Waals surface area contributed by atoms with Crippen molar-refractivity contribution in [3.8, 4) is 0 Å². The van der Waals surface area contributed by atoms with Crippen LogP contribution in [0, 0.1) is 0 Å². The summed E-state index contributed by atoms with van der Waals surface area (Å²) in [6.07, 6.45) is 5.38. The third-order valence-corrected chi connectivity index (χ3v) is 5.04. The van der Waals surface area contributed by atoms with Gasteiger partial charge in [-0.05, 0) is 6.42 Å². The quantitative estimate of drug-likeness (QED) is 0.731. The molecule has 18 heavy (non-hydrogen) atoms. The maximum Gasteiger partial charge on any atom is 0.144 e. The van der Waals surface area contributed by atoms with Crippen LogP contribution in [0.3, 0.4) is 0 Å². The highest BCUT2D eigenvalue weighted by molar-refractivity contribution is 5.80. The fourth-order valence-corrected chi connectivity index (χ4v) is 3.94. The summed E-state index contributed by atoms with van der Waals surface area (Å²) in [4.78, 5) is 11.8. The highest BCUT2D eigenvalue weighted by Gasteiger charge is 2.48. The van der Waals surface area contributed by atoms with Crippen molar-refractivity contribution in [1.29, 1.82) is 0 Å². The minimum absolute atomic E-state index is 0.494. The van der Waals surface area contributed by atoms with E-state index in [1.54, 1.807) is 0 Å². The Morgan fingerprint density at radius 2 is 1.72 bits per heavy atom. The molecule has 2 aliphatic heterocycles. The van der Waals surface area contributed by atoms with E-state index in [-0.39, 0.29) is 0 Å². The average molecular weight is 244 g/mol. The molecule has 3 rings (SSSR count). The van der Waals surface area contributed by atoms with E-state index in [1.807, 2.05) is 0 Å². The van der Waals surface area contributed by atoms with Crippen molar-refractivity contribution in [2.24, 2.45) is 0 Å². The van der Waals surface area contributed by atoms with Crippen LogP contribution in [0.1, 0.15) is 37.7 Å². The summed E-state index contributed by atoms with van der Waals surface area (Å²) in [5.41, 5.74) is 1.41. The molecule has 2 fully saturated rings. The summed E-state index contributed by atoms with van der Waals surface area (Å²) in [7, 11) is 2.37. The summed E-state index contributed by atoms with van der Waals surface area (Å²) in [5, 5.41) is 0. The number of carbonyl (C=O) groups is 1. The first-order valence-electron chi connectivity index (χ1n) is 7.09. The van der Waals surface area contributed by atoms with Crippen LogP contribution in [0.2, 0.25) is 0 Å². The first-order valence-corrected chi connectivity index (χ1v) is 7.09. The van der Waals surface area contributed by atoms with Crippen molar-refractivity contribution < 1.29 is 9.28 Å². The molecule has 2 heterocycles. The van der Waals surface area contributed by atoms with Crippen molar-refractivity contribution >= 4 is 5.78 Å². The molecule has 2 heteroatoms. The van der Waals surface area contributed by atoms with Crippen LogP contribution in [0.15, 0.2) is 30.3 Å². The zero-order valence-electron chi connectivity index (χ0n) is 11.1. The van der Waals surface area contributed by atoms with Crippen LogP contribution in [-0.4, -0.2) is 29.4 Å². The van der Waals surface area contributed by atoms with E-state index in [4.69, 9.17) is 0 Å². The van der Waals surface area contributed by atoms with Crippen LogP contribution in [0.25, 0.3) is 0 Å². The average Bonchev–Trinajstić information content (AvgIpc) is 2.32. The molecule has 96 valence electrons. The first-order chi connectivity index (χ1) is 8.68. The molecule has 2 bridgehead atoms. The fraction of sp³-hybridized carbons (Fsp3) is 0.562. The molecule has 2 atom stereocenters. The number of benzene rings is 1. The van der Waals surface area contributed by atoms with Gasteiger partial charge in [-0.15, -0.1) is 0 Å². The van der Waals surface area contributed by atoms with Gasteiger partial charge in [0, 0.05) is 18.4 Å². The van der Waals surface area contributed by atoms with Crippen molar-refractivity contribution in [3.05, 3.63) is 35.9 Å². The van der Waals surface area contributed by atoms with Gasteiger partial charge in [-0.1, -0.05) is 30.3 Å². The molecule has 0 spiro atoms. The molecular weight excluding hydrogens is 222 g/mol. The zero-order chi connectivity index (χ0) is 12.6. The normalized spacial score (nSPS) is 35.5. The molecular formula is C16H22NO+. The second-order valence-corrected chi connectivity index (χ2v) is 6.18. The Morgan fingerprint density at radius 1 is 1.11 bits per heavy atom. The van der Waals surface area contributed by atoms with Gasteiger partial charge in [0.15, 0.2) is 0 Å². The molecule has 1 aromatic rings. The molecule has 2 unspecified atom stereocenters. The molecule has 2 saturated heterocycles. The van der Waals surface area contributed by atoms with E-state index < -0.39 is 0 Å². The molecule has 0 aromatic heterocycles. The number of hydrogen-bond donors (Lipinski definition) is 0. The van der Waals surface area contributed by atoms with Gasteiger partial charge in [-0.25, -0.2) is 0 Å². The van der Waals surface area contributed by atoms with Crippen molar-refractivity contribution in [3.63, 3.8) is 0 Å². The monoisotopic (exact) mass is 244 g/mol. The van der Waals surface area contributed by atoms with Gasteiger partial charge >= 0.3 is 0 Å². The highest BCUT2D eigenvalue weighted by Crippen LogP contribution is 2.39. The SMILES string of the molecule is C[N+]1(Cc2ccccc2)C2CCCC1CC(=O)C2. The maximum atomic E-state index is 11.8. The first kappa shape index (κ1) is 11.9. The Morgan fingerprint density at radius 3 is 2.33 bits per heavy atom. The lowest BCUT2D eigenvalue weighted by molar-refractivity contribution is -0.975. The van der Waals surface area contributed by atoms with Crippen LogP contribution < -0.4 is 0 Å². The topological polar surface area (TPSA) is 17.1 Å². The molecule has 0 amide bonds. The molecule has 0 N–H and O–H groups in total. The van der Waals surface area contributed by atoms with Crippen molar-refractivity contribution in [2.75, 3.05) is 7.05 Å². The van der Waals surface area contributed by atoms with Gasteiger partial charge < -0.3 is 4.48 Å². The van der Waals surface area contributed by atoms with Gasteiger partial charge in [-0.2, -0.15) is 0 Å². The number of Topliss-reactive ketones (excluding diaryl/α,β-unsaturated/α-hetero) is 1. The van der Waals surface area contributed by atoms with Gasteiger partial charge in [0.25, 0.3) is 0 Å². The lowest BCUT2D eigenvalue weighted by atomic mass is 9.81. The summed E-state index contributed by atoms with van der Waals surface area (Å²) in [6, 6.07) is 11.9. The van der Waals surface area contributed by atoms with Gasteiger partial charge in [-0.3, -0.25) is 4.79 Å². The number of piperidine rings is 2. The molecule has 2 nitrogen and oxygen atoms in total. The minimum atomic E-state index is 0.494. The Balaban J connectivity index is 1.86. The number of carbonyl (C=O) groups excluding carboxylic acids is 1. The van der Waals surface area contributed by atoms with Crippen LogP contribution >= 0.6 is 0 Å². The number of ketones is 1. The lowest BCUT2D eigenvalue weighted by Gasteiger charge is -2.53. The maximum absolute atomic E-state index is 11.8. The van der Waals surface area contributed by atoms with E-state index in [0.717, 1.165) is 23.9 Å². The number of rotatable bonds is 2. The summed E-state index contributed by atoms with van der Waals surface area (Å²) in [5.74, 6) is 0.494. The standard InChI is InChI=1S/C16H22NO/c1-17(12-13-6-3-2-4-7-13)14-8-5-9-15(17)11-16(18)10-14/h2-4,6-7,14-15H,5,8-12H2,1H3/q+1. The largest absolute Gasteiger partial charge is 0.317 e. The third kappa shape index (κ3) is 1.99. The number of nitrogens with zero attached hydrogens (tertiary/aromatic N) is 1. The summed E-state index contributed by atoms with van der Waals surface area (Å²) in [6.45, 7) is 1.09. The zero-order valence-corrected chi connectivity index (χ0v) is 11.1. The van der Waals surface area contributed by atoms with Gasteiger partial charge in [0.2, 0.25) is 0 Å². The molecule has 2 aliphatic rings. The van der Waals surface area contributed by atoms with Crippen LogP contribution in [-0.2, 0) is 11.3 Å².